The molecule has 184 valence electrons. The Morgan fingerprint density at radius 3 is 2.24 bits per heavy atom. The van der Waals surface area contributed by atoms with E-state index in [4.69, 9.17) is 9.47 Å². The summed E-state index contributed by atoms with van der Waals surface area (Å²) in [7, 11) is 0. The van der Waals surface area contributed by atoms with E-state index in [2.05, 4.69) is 11.9 Å². The van der Waals surface area contributed by atoms with Crippen LogP contribution >= 0.6 is 0 Å². The Morgan fingerprint density at radius 2 is 1.65 bits per heavy atom. The monoisotopic (exact) mass is 472 g/mol. The van der Waals surface area contributed by atoms with Crippen LogP contribution in [0, 0.1) is 0 Å². The van der Waals surface area contributed by atoms with Crippen LogP contribution in [0.15, 0.2) is 30.4 Å². The molecule has 2 amide bonds. The van der Waals surface area contributed by atoms with Gasteiger partial charge in [-0.1, -0.05) is 6.58 Å². The predicted octanol–water partition coefficient (Wildman–Crippen LogP) is 2.23. The third kappa shape index (κ3) is 5.53. The van der Waals surface area contributed by atoms with Crippen LogP contribution in [0.2, 0.25) is 0 Å². The first-order valence-corrected chi connectivity index (χ1v) is 11.2. The van der Waals surface area contributed by atoms with Crippen molar-refractivity contribution < 1.29 is 33.8 Å². The number of amides is 2. The van der Waals surface area contributed by atoms with Gasteiger partial charge in [0, 0.05) is 22.7 Å². The lowest BCUT2D eigenvalue weighted by atomic mass is 9.79. The fourth-order valence-electron chi connectivity index (χ4n) is 4.77. The quantitative estimate of drug-likeness (QED) is 0.352. The number of carbonyl (C=O) groups is 4. The molecule has 0 bridgehead atoms. The standard InChI is InChI=1S/C25H32N2O7/c1-14(2)22(31)33-12-17(28)13-34-23(32)15-7-8-18-19(9-15)21(30)27(20(18)29)16-10-24(3,4)26-25(5,6)11-16/h7-9,16-17,26,28H,1,10-13H2,2-6H3. The van der Waals surface area contributed by atoms with Crippen molar-refractivity contribution in [2.75, 3.05) is 13.2 Å². The highest BCUT2D eigenvalue weighted by atomic mass is 16.6. The summed E-state index contributed by atoms with van der Waals surface area (Å²) in [5.74, 6) is -2.22. The summed E-state index contributed by atoms with van der Waals surface area (Å²) in [5, 5.41) is 13.4. The van der Waals surface area contributed by atoms with Crippen molar-refractivity contribution in [1.82, 2.24) is 10.2 Å². The molecule has 0 aliphatic carbocycles. The molecule has 1 aromatic rings. The average molecular weight is 473 g/mol. The molecule has 0 spiro atoms. The second-order valence-corrected chi connectivity index (χ2v) is 10.3. The zero-order valence-corrected chi connectivity index (χ0v) is 20.3. The third-order valence-electron chi connectivity index (χ3n) is 5.85. The minimum atomic E-state index is -1.22. The molecule has 1 saturated heterocycles. The summed E-state index contributed by atoms with van der Waals surface area (Å²) in [6.45, 7) is 12.3. The van der Waals surface area contributed by atoms with E-state index in [1.165, 1.54) is 30.0 Å². The van der Waals surface area contributed by atoms with E-state index in [0.717, 1.165) is 0 Å². The molecule has 34 heavy (non-hydrogen) atoms. The third-order valence-corrected chi connectivity index (χ3v) is 5.85. The maximum absolute atomic E-state index is 13.2. The maximum atomic E-state index is 13.2. The highest BCUT2D eigenvalue weighted by Crippen LogP contribution is 2.36. The topological polar surface area (TPSA) is 122 Å². The number of rotatable bonds is 7. The Balaban J connectivity index is 1.68. The van der Waals surface area contributed by atoms with Gasteiger partial charge < -0.3 is 19.9 Å². The van der Waals surface area contributed by atoms with Crippen LogP contribution in [0.3, 0.4) is 0 Å². The maximum Gasteiger partial charge on any atom is 0.338 e. The highest BCUT2D eigenvalue weighted by molar-refractivity contribution is 6.22. The van der Waals surface area contributed by atoms with Crippen molar-refractivity contribution in [2.24, 2.45) is 0 Å². The Labute approximate surface area is 199 Å². The number of aliphatic hydroxyl groups excluding tert-OH is 1. The van der Waals surface area contributed by atoms with Gasteiger partial charge in [-0.05, 0) is 65.7 Å². The number of esters is 2. The van der Waals surface area contributed by atoms with Crippen molar-refractivity contribution in [3.05, 3.63) is 47.0 Å². The van der Waals surface area contributed by atoms with Crippen LogP contribution in [0.1, 0.15) is 78.5 Å². The summed E-state index contributed by atoms with van der Waals surface area (Å²) in [4.78, 5) is 51.4. The predicted molar refractivity (Wildman–Crippen MR) is 123 cm³/mol. The number of aliphatic hydroxyl groups is 1. The number of ether oxygens (including phenoxy) is 2. The molecule has 0 saturated carbocycles. The zero-order valence-electron chi connectivity index (χ0n) is 20.3. The molecule has 3 rings (SSSR count). The first-order valence-electron chi connectivity index (χ1n) is 11.2. The smallest absolute Gasteiger partial charge is 0.338 e. The van der Waals surface area contributed by atoms with Crippen molar-refractivity contribution in [3.8, 4) is 0 Å². The lowest BCUT2D eigenvalue weighted by molar-refractivity contribution is -0.142. The van der Waals surface area contributed by atoms with Gasteiger partial charge in [0.05, 0.1) is 16.7 Å². The lowest BCUT2D eigenvalue weighted by Crippen LogP contribution is -2.62. The fourth-order valence-corrected chi connectivity index (χ4v) is 4.77. The Morgan fingerprint density at radius 1 is 1.09 bits per heavy atom. The molecule has 0 aromatic heterocycles. The zero-order chi connectivity index (χ0) is 25.4. The van der Waals surface area contributed by atoms with Crippen LogP contribution < -0.4 is 5.32 Å². The van der Waals surface area contributed by atoms with Gasteiger partial charge in [-0.15, -0.1) is 0 Å². The normalized spacial score (nSPS) is 20.0. The van der Waals surface area contributed by atoms with Gasteiger partial charge in [0.2, 0.25) is 0 Å². The first-order chi connectivity index (χ1) is 15.7. The number of fused-ring (bicyclic) bond motifs is 1. The molecule has 1 fully saturated rings. The Hall–Kier alpha value is -3.04. The molecular formula is C25H32N2O7. The molecule has 9 heteroatoms. The van der Waals surface area contributed by atoms with Gasteiger partial charge in [-0.3, -0.25) is 14.5 Å². The van der Waals surface area contributed by atoms with E-state index in [1.807, 2.05) is 27.7 Å². The number of nitrogens with one attached hydrogen (secondary N) is 1. The summed E-state index contributed by atoms with van der Waals surface area (Å²) in [5.41, 5.74) is 0.171. The first kappa shape index (κ1) is 25.6. The number of imide groups is 1. The largest absolute Gasteiger partial charge is 0.459 e. The minimum Gasteiger partial charge on any atom is -0.459 e. The van der Waals surface area contributed by atoms with Crippen LogP contribution in [-0.2, 0) is 14.3 Å². The van der Waals surface area contributed by atoms with Crippen molar-refractivity contribution in [1.29, 1.82) is 0 Å². The summed E-state index contributed by atoms with van der Waals surface area (Å²) >= 11 is 0. The molecule has 2 aliphatic heterocycles. The molecule has 1 atom stereocenters. The molecule has 1 aromatic carbocycles. The van der Waals surface area contributed by atoms with Crippen LogP contribution in [0.4, 0.5) is 0 Å². The number of carbonyl (C=O) groups excluding carboxylic acids is 4. The summed E-state index contributed by atoms with van der Waals surface area (Å²) in [6.07, 6.45) is 0.0157. The van der Waals surface area contributed by atoms with Gasteiger partial charge in [-0.2, -0.15) is 0 Å². The van der Waals surface area contributed by atoms with E-state index in [0.29, 0.717) is 12.8 Å². The van der Waals surface area contributed by atoms with Crippen LogP contribution in [-0.4, -0.2) is 70.2 Å². The van der Waals surface area contributed by atoms with E-state index in [-0.39, 0.29) is 51.9 Å². The average Bonchev–Trinajstić information content (AvgIpc) is 2.97. The second-order valence-electron chi connectivity index (χ2n) is 10.3. The van der Waals surface area contributed by atoms with Gasteiger partial charge >= 0.3 is 11.9 Å². The van der Waals surface area contributed by atoms with E-state index >= 15 is 0 Å². The van der Waals surface area contributed by atoms with Crippen molar-refractivity contribution in [3.63, 3.8) is 0 Å². The molecule has 1 unspecified atom stereocenters. The molecule has 2 heterocycles. The van der Waals surface area contributed by atoms with Crippen molar-refractivity contribution >= 4 is 23.8 Å². The van der Waals surface area contributed by atoms with Crippen molar-refractivity contribution in [2.45, 2.75) is 70.7 Å². The van der Waals surface area contributed by atoms with E-state index in [9.17, 15) is 24.3 Å². The fraction of sp³-hybridized carbons (Fsp3) is 0.520. The van der Waals surface area contributed by atoms with E-state index < -0.39 is 30.6 Å². The number of nitrogens with zero attached hydrogens (tertiary/aromatic N) is 1. The lowest BCUT2D eigenvalue weighted by Gasteiger charge is -2.48. The highest BCUT2D eigenvalue weighted by Gasteiger charge is 2.47. The van der Waals surface area contributed by atoms with Crippen LogP contribution in [0.5, 0.6) is 0 Å². The molecule has 9 nitrogen and oxygen atoms in total. The van der Waals surface area contributed by atoms with Gasteiger partial charge in [0.1, 0.15) is 19.3 Å². The Kier molecular flexibility index (Phi) is 7.00. The minimum absolute atomic E-state index is 0.0823. The Bertz CT molecular complexity index is 1030. The molecule has 2 aliphatic rings. The number of piperidine rings is 1. The summed E-state index contributed by atoms with van der Waals surface area (Å²) in [6, 6.07) is 3.95. The van der Waals surface area contributed by atoms with Gasteiger partial charge in [0.25, 0.3) is 11.8 Å². The molecule has 0 radical (unpaired) electrons. The molecular weight excluding hydrogens is 440 g/mol. The number of hydrogen-bond acceptors (Lipinski definition) is 8. The van der Waals surface area contributed by atoms with Gasteiger partial charge in [-0.25, -0.2) is 9.59 Å². The van der Waals surface area contributed by atoms with Crippen LogP contribution in [0.25, 0.3) is 0 Å². The number of benzene rings is 1. The van der Waals surface area contributed by atoms with Gasteiger partial charge in [0.15, 0.2) is 0 Å². The summed E-state index contributed by atoms with van der Waals surface area (Å²) < 4.78 is 9.90. The number of hydrogen-bond donors (Lipinski definition) is 2. The second kappa shape index (κ2) is 9.31. The van der Waals surface area contributed by atoms with E-state index in [1.54, 1.807) is 0 Å². The SMILES string of the molecule is C=C(C)C(=O)OCC(O)COC(=O)c1ccc2c(c1)C(=O)N(C1CC(C)(C)NC(C)(C)C1)C2=O. The molecule has 2 N–H and O–H groups in total.